The zero-order chi connectivity index (χ0) is 32.2. The van der Waals surface area contributed by atoms with E-state index in [1.54, 1.807) is 0 Å². The predicted molar refractivity (Wildman–Crippen MR) is 158 cm³/mol. The Morgan fingerprint density at radius 1 is 0.848 bits per heavy atom. The molecule has 8 bridgehead atoms. The Hall–Kier alpha value is -1.75. The molecule has 0 unspecified atom stereocenters. The second-order valence-electron chi connectivity index (χ2n) is 14.0. The van der Waals surface area contributed by atoms with E-state index in [1.807, 2.05) is 0 Å². The fourth-order valence-corrected chi connectivity index (χ4v) is 8.37. The molecule has 0 saturated carbocycles. The number of nitrogens with zero attached hydrogens (tertiary/aromatic N) is 8. The van der Waals surface area contributed by atoms with Crippen LogP contribution in [0.3, 0.4) is 0 Å². The maximum atomic E-state index is 11.8. The zero-order valence-electron chi connectivity index (χ0n) is 26.0. The number of carbonyl (C=O) groups excluding carboxylic acids is 1. The van der Waals surface area contributed by atoms with E-state index < -0.39 is 79.5 Å². The number of aliphatic hydroxyl groups excluding tert-OH is 5. The SMILES string of the molecule is CC(=O)O[C@H]1[C@@H](O)[C@@H](CO)O[C@@H](O[C@@H](C=NC23CN4CN(CN(C4)C2)C3)[C@H](CO)O[C@H](O)C=NC23CN4CN(CN(C4)C2)C3)[C@@H]1O. The highest BCUT2D eigenvalue weighted by Gasteiger charge is 2.51. The molecule has 18 heteroatoms. The fourth-order valence-electron chi connectivity index (χ4n) is 8.37. The van der Waals surface area contributed by atoms with Crippen molar-refractivity contribution >= 4 is 18.4 Å². The summed E-state index contributed by atoms with van der Waals surface area (Å²) >= 11 is 0. The Morgan fingerprint density at radius 2 is 1.33 bits per heavy atom. The van der Waals surface area contributed by atoms with Gasteiger partial charge in [0.15, 0.2) is 18.7 Å². The van der Waals surface area contributed by atoms with E-state index in [9.17, 15) is 30.3 Å². The third-order valence-electron chi connectivity index (χ3n) is 9.75. The quantitative estimate of drug-likeness (QED) is 0.0759. The van der Waals surface area contributed by atoms with Crippen LogP contribution in [-0.2, 0) is 23.7 Å². The van der Waals surface area contributed by atoms with Gasteiger partial charge in [-0.25, -0.2) is 0 Å². The van der Waals surface area contributed by atoms with E-state index in [2.05, 4.69) is 29.4 Å². The van der Waals surface area contributed by atoms with E-state index in [0.717, 1.165) is 86.2 Å². The summed E-state index contributed by atoms with van der Waals surface area (Å²) in [6.45, 7) is 9.68. The van der Waals surface area contributed by atoms with Gasteiger partial charge < -0.3 is 44.5 Å². The van der Waals surface area contributed by atoms with Crippen LogP contribution in [-0.4, -0.2) is 226 Å². The van der Waals surface area contributed by atoms with Crippen molar-refractivity contribution < 1.29 is 49.3 Å². The van der Waals surface area contributed by atoms with Crippen LogP contribution in [0.5, 0.6) is 0 Å². The summed E-state index contributed by atoms with van der Waals surface area (Å²) in [6, 6.07) is 0. The van der Waals surface area contributed by atoms with Crippen molar-refractivity contribution in [3.05, 3.63) is 0 Å². The maximum absolute atomic E-state index is 11.8. The second kappa shape index (κ2) is 12.9. The molecule has 0 amide bonds. The van der Waals surface area contributed by atoms with Gasteiger partial charge in [0.2, 0.25) is 0 Å². The number of esters is 1. The van der Waals surface area contributed by atoms with Gasteiger partial charge >= 0.3 is 5.97 Å². The van der Waals surface area contributed by atoms with Gasteiger partial charge in [0, 0.05) is 52.4 Å². The van der Waals surface area contributed by atoms with Gasteiger partial charge in [0.05, 0.1) is 70.5 Å². The highest BCUT2D eigenvalue weighted by atomic mass is 16.7. The van der Waals surface area contributed by atoms with E-state index in [4.69, 9.17) is 28.9 Å². The average molecular weight is 655 g/mol. The van der Waals surface area contributed by atoms with Crippen molar-refractivity contribution in [2.75, 3.05) is 92.5 Å². The lowest BCUT2D eigenvalue weighted by Crippen LogP contribution is -2.75. The first-order valence-electron chi connectivity index (χ1n) is 15.9. The topological polar surface area (TPSA) is 199 Å². The second-order valence-corrected chi connectivity index (χ2v) is 14.0. The summed E-state index contributed by atoms with van der Waals surface area (Å²) in [6.07, 6.45) is -8.36. The Labute approximate surface area is 266 Å². The molecule has 5 N–H and O–H groups in total. The zero-order valence-corrected chi connectivity index (χ0v) is 26.0. The minimum absolute atomic E-state index is 0.393. The molecule has 0 radical (unpaired) electrons. The van der Waals surface area contributed by atoms with Crippen LogP contribution in [0.4, 0.5) is 0 Å². The van der Waals surface area contributed by atoms with Crippen molar-refractivity contribution in [3.63, 3.8) is 0 Å². The molecule has 8 atom stereocenters. The minimum atomic E-state index is -1.65. The number of aliphatic hydroxyl groups is 5. The first kappa shape index (κ1) is 32.8. The highest BCUT2D eigenvalue weighted by Crippen LogP contribution is 2.33. The maximum Gasteiger partial charge on any atom is 0.303 e. The van der Waals surface area contributed by atoms with Crippen LogP contribution in [0.1, 0.15) is 6.92 Å². The summed E-state index contributed by atoms with van der Waals surface area (Å²) in [7, 11) is 0. The molecule has 0 spiro atoms. The van der Waals surface area contributed by atoms with Gasteiger partial charge in [0.1, 0.15) is 30.5 Å². The Morgan fingerprint density at radius 3 is 1.76 bits per heavy atom. The number of hydrogen-bond donors (Lipinski definition) is 5. The number of rotatable bonds is 12. The Kier molecular flexibility index (Phi) is 9.22. The molecule has 0 aromatic rings. The van der Waals surface area contributed by atoms with Gasteiger partial charge in [-0.3, -0.25) is 44.2 Å². The molecule has 0 aromatic carbocycles. The number of hydrogen-bond acceptors (Lipinski definition) is 18. The highest BCUT2D eigenvalue weighted by molar-refractivity contribution is 5.66. The summed E-state index contributed by atoms with van der Waals surface area (Å²) in [5.41, 5.74) is -0.860. The fraction of sp³-hybridized carbons (Fsp3) is 0.893. The van der Waals surface area contributed by atoms with Crippen LogP contribution in [0.2, 0.25) is 0 Å². The molecule has 9 aliphatic heterocycles. The van der Waals surface area contributed by atoms with Crippen molar-refractivity contribution in [3.8, 4) is 0 Å². The normalized spacial score (nSPS) is 47.9. The lowest BCUT2D eigenvalue weighted by atomic mass is 9.91. The van der Waals surface area contributed by atoms with Crippen LogP contribution in [0.25, 0.3) is 0 Å². The molecule has 46 heavy (non-hydrogen) atoms. The molecule has 0 aliphatic carbocycles. The van der Waals surface area contributed by atoms with Crippen LogP contribution < -0.4 is 0 Å². The number of carbonyl (C=O) groups is 1. The number of ether oxygens (including phenoxy) is 4. The lowest BCUT2D eigenvalue weighted by molar-refractivity contribution is -0.315. The molecular weight excluding hydrogens is 608 g/mol. The van der Waals surface area contributed by atoms with Gasteiger partial charge in [0.25, 0.3) is 0 Å². The van der Waals surface area contributed by atoms with Crippen molar-refractivity contribution in [2.24, 2.45) is 9.98 Å². The van der Waals surface area contributed by atoms with E-state index in [1.165, 1.54) is 12.4 Å². The van der Waals surface area contributed by atoms with Gasteiger partial charge in [-0.2, -0.15) is 0 Å². The van der Waals surface area contributed by atoms with E-state index >= 15 is 0 Å². The standard InChI is InChI=1S/C28H46N8O10/c1-18(39)43-25-23(41)21(5-38)46-26(24(25)42)45-19(2-29-27-6-31-12-32(7-27)14-33(8-27)13-31)20(4-37)44-22(40)3-30-28-9-34-15-35(10-28)17-36(11-28)16-34/h2-3,19-26,37-38,40-42H,4-17H2,1H3/t19-,20-,21+,22-,23-,24+,25-,26+/m0/s1. The summed E-state index contributed by atoms with van der Waals surface area (Å²) in [5.74, 6) is -0.747. The average Bonchev–Trinajstić information content (AvgIpc) is 2.99. The largest absolute Gasteiger partial charge is 0.457 e. The monoisotopic (exact) mass is 654 g/mol. The van der Waals surface area contributed by atoms with Crippen LogP contribution >= 0.6 is 0 Å². The molecule has 258 valence electrons. The first-order valence-corrected chi connectivity index (χ1v) is 15.9. The number of aliphatic imine (C=N–C) groups is 2. The molecule has 9 aliphatic rings. The van der Waals surface area contributed by atoms with Gasteiger partial charge in [-0.1, -0.05) is 0 Å². The van der Waals surface area contributed by atoms with Crippen molar-refractivity contribution in [2.45, 2.75) is 67.2 Å². The smallest absolute Gasteiger partial charge is 0.303 e. The molecule has 9 heterocycles. The first-order chi connectivity index (χ1) is 22.0. The molecule has 9 rings (SSSR count). The van der Waals surface area contributed by atoms with E-state index in [0.29, 0.717) is 0 Å². The third-order valence-corrected chi connectivity index (χ3v) is 9.75. The molecule has 18 nitrogen and oxygen atoms in total. The van der Waals surface area contributed by atoms with Gasteiger partial charge in [-0.05, 0) is 0 Å². The third kappa shape index (κ3) is 6.61. The molecular formula is C28H46N8O10. The van der Waals surface area contributed by atoms with Crippen LogP contribution in [0, 0.1) is 0 Å². The molecule has 9 saturated heterocycles. The van der Waals surface area contributed by atoms with E-state index in [-0.39, 0.29) is 0 Å². The summed E-state index contributed by atoms with van der Waals surface area (Å²) in [5, 5.41) is 52.9. The molecule has 0 aromatic heterocycles. The summed E-state index contributed by atoms with van der Waals surface area (Å²) in [4.78, 5) is 35.3. The van der Waals surface area contributed by atoms with Crippen molar-refractivity contribution in [1.29, 1.82) is 0 Å². The predicted octanol–water partition coefficient (Wildman–Crippen LogP) is -5.30. The Bertz CT molecular complexity index is 1110. The lowest BCUT2D eigenvalue weighted by Gasteiger charge is -2.59. The molecule has 9 fully saturated rings. The Balaban J connectivity index is 1.10. The minimum Gasteiger partial charge on any atom is -0.457 e. The van der Waals surface area contributed by atoms with Crippen molar-refractivity contribution in [1.82, 2.24) is 29.4 Å². The van der Waals surface area contributed by atoms with Gasteiger partial charge in [-0.15, -0.1) is 0 Å². The summed E-state index contributed by atoms with van der Waals surface area (Å²) < 4.78 is 22.9. The van der Waals surface area contributed by atoms with Crippen LogP contribution in [0.15, 0.2) is 9.98 Å².